The van der Waals surface area contributed by atoms with Crippen LogP contribution in [0.25, 0.3) is 0 Å². The number of hydrogen-bond acceptors (Lipinski definition) is 4. The summed E-state index contributed by atoms with van der Waals surface area (Å²) in [6.45, 7) is 5.23. The predicted molar refractivity (Wildman–Crippen MR) is 76.6 cm³/mol. The summed E-state index contributed by atoms with van der Waals surface area (Å²) < 4.78 is 10.4. The highest BCUT2D eigenvalue weighted by Crippen LogP contribution is 2.25. The third-order valence-corrected chi connectivity index (χ3v) is 3.20. The molecule has 2 unspecified atom stereocenters. The van der Waals surface area contributed by atoms with Crippen molar-refractivity contribution < 1.29 is 14.6 Å². The van der Waals surface area contributed by atoms with Crippen molar-refractivity contribution in [3.05, 3.63) is 29.3 Å². The first-order valence-corrected chi connectivity index (χ1v) is 6.67. The van der Waals surface area contributed by atoms with Crippen molar-refractivity contribution in [2.75, 3.05) is 27.4 Å². The number of ether oxygens (including phenoxy) is 2. The molecule has 0 heterocycles. The lowest BCUT2D eigenvalue weighted by atomic mass is 10.0. The van der Waals surface area contributed by atoms with Gasteiger partial charge in [0.25, 0.3) is 0 Å². The van der Waals surface area contributed by atoms with Crippen LogP contribution in [0.3, 0.4) is 0 Å². The molecule has 0 saturated carbocycles. The van der Waals surface area contributed by atoms with Gasteiger partial charge in [0.2, 0.25) is 0 Å². The normalized spacial score (nSPS) is 14.2. The summed E-state index contributed by atoms with van der Waals surface area (Å²) in [7, 11) is 3.30. The number of rotatable bonds is 8. The van der Waals surface area contributed by atoms with Crippen LogP contribution < -0.4 is 10.1 Å². The van der Waals surface area contributed by atoms with Crippen LogP contribution in [-0.4, -0.2) is 38.5 Å². The van der Waals surface area contributed by atoms with E-state index in [0.717, 1.165) is 23.3 Å². The molecule has 0 aromatic heterocycles. The molecule has 0 amide bonds. The molecule has 1 aromatic carbocycles. The number of benzene rings is 1. The molecule has 0 aliphatic carbocycles. The molecule has 1 aromatic rings. The van der Waals surface area contributed by atoms with E-state index in [0.29, 0.717) is 13.2 Å². The summed E-state index contributed by atoms with van der Waals surface area (Å²) in [5, 5.41) is 13.6. The maximum absolute atomic E-state index is 10.3. The molecule has 0 radical (unpaired) electrons. The summed E-state index contributed by atoms with van der Waals surface area (Å²) in [4.78, 5) is 0. The van der Waals surface area contributed by atoms with Gasteiger partial charge < -0.3 is 19.9 Å². The summed E-state index contributed by atoms with van der Waals surface area (Å²) in [5.41, 5.74) is 1.93. The average molecular weight is 267 g/mol. The molecule has 4 heteroatoms. The van der Waals surface area contributed by atoms with Crippen LogP contribution >= 0.6 is 0 Å². The van der Waals surface area contributed by atoms with Gasteiger partial charge in [-0.25, -0.2) is 0 Å². The average Bonchev–Trinajstić information content (AvgIpc) is 2.43. The van der Waals surface area contributed by atoms with Crippen LogP contribution in [0.2, 0.25) is 0 Å². The highest BCUT2D eigenvalue weighted by molar-refractivity contribution is 5.38. The predicted octanol–water partition coefficient (Wildman–Crippen LogP) is 2.05. The fraction of sp³-hybridized carbons (Fsp3) is 0.600. The highest BCUT2D eigenvalue weighted by atomic mass is 16.5. The van der Waals surface area contributed by atoms with E-state index in [2.05, 4.69) is 12.2 Å². The van der Waals surface area contributed by atoms with Crippen LogP contribution in [0.15, 0.2) is 18.2 Å². The number of aliphatic hydroxyl groups excluding tert-OH is 1. The Kier molecular flexibility index (Phi) is 6.84. The fourth-order valence-corrected chi connectivity index (χ4v) is 2.02. The third-order valence-electron chi connectivity index (χ3n) is 3.20. The van der Waals surface area contributed by atoms with Crippen LogP contribution in [0.4, 0.5) is 0 Å². The lowest BCUT2D eigenvalue weighted by molar-refractivity contribution is 0.136. The van der Waals surface area contributed by atoms with Crippen molar-refractivity contribution in [1.29, 1.82) is 0 Å². The molecule has 0 aliphatic heterocycles. The lowest BCUT2D eigenvalue weighted by Gasteiger charge is -2.20. The first-order valence-electron chi connectivity index (χ1n) is 6.67. The Bertz CT molecular complexity index is 382. The van der Waals surface area contributed by atoms with Crippen LogP contribution in [0.1, 0.15) is 30.6 Å². The molecular weight excluding hydrogens is 242 g/mol. The van der Waals surface area contributed by atoms with E-state index in [1.807, 2.05) is 25.1 Å². The largest absolute Gasteiger partial charge is 0.496 e. The zero-order valence-electron chi connectivity index (χ0n) is 12.3. The van der Waals surface area contributed by atoms with E-state index in [-0.39, 0.29) is 6.04 Å². The molecule has 2 atom stereocenters. The van der Waals surface area contributed by atoms with Crippen molar-refractivity contribution in [2.24, 2.45) is 0 Å². The molecule has 0 spiro atoms. The summed E-state index contributed by atoms with van der Waals surface area (Å²) in [6, 6.07) is 6.08. The molecule has 0 saturated heterocycles. The van der Waals surface area contributed by atoms with Crippen LogP contribution in [0.5, 0.6) is 5.75 Å². The summed E-state index contributed by atoms with van der Waals surface area (Å²) in [6.07, 6.45) is 0.381. The van der Waals surface area contributed by atoms with Crippen LogP contribution in [-0.2, 0) is 4.74 Å². The molecule has 1 rings (SSSR count). The first kappa shape index (κ1) is 16.0. The minimum Gasteiger partial charge on any atom is -0.496 e. The van der Waals surface area contributed by atoms with Gasteiger partial charge in [-0.05, 0) is 25.5 Å². The number of hydrogen-bond donors (Lipinski definition) is 2. The van der Waals surface area contributed by atoms with E-state index in [9.17, 15) is 5.11 Å². The zero-order valence-corrected chi connectivity index (χ0v) is 12.3. The number of aryl methyl sites for hydroxylation is 1. The number of aliphatic hydroxyl groups is 1. The van der Waals surface area contributed by atoms with Gasteiger partial charge in [-0.3, -0.25) is 0 Å². The molecule has 0 fully saturated rings. The van der Waals surface area contributed by atoms with E-state index in [1.54, 1.807) is 14.2 Å². The van der Waals surface area contributed by atoms with Gasteiger partial charge in [-0.2, -0.15) is 0 Å². The Morgan fingerprint density at radius 3 is 2.63 bits per heavy atom. The third kappa shape index (κ3) is 4.82. The van der Waals surface area contributed by atoms with Crippen molar-refractivity contribution in [3.8, 4) is 5.75 Å². The Morgan fingerprint density at radius 2 is 2.05 bits per heavy atom. The van der Waals surface area contributed by atoms with Crippen molar-refractivity contribution in [1.82, 2.24) is 5.32 Å². The smallest absolute Gasteiger partial charge is 0.124 e. The molecule has 2 N–H and O–H groups in total. The SMILES string of the molecule is CCC(COC)NCC(O)c1cc(C)ccc1OC. The molecule has 4 nitrogen and oxygen atoms in total. The zero-order chi connectivity index (χ0) is 14.3. The van der Waals surface area contributed by atoms with E-state index in [4.69, 9.17) is 9.47 Å². The number of nitrogens with one attached hydrogen (secondary N) is 1. The van der Waals surface area contributed by atoms with Gasteiger partial charge in [-0.1, -0.05) is 18.6 Å². The summed E-state index contributed by atoms with van der Waals surface area (Å²) in [5.74, 6) is 0.722. The maximum Gasteiger partial charge on any atom is 0.124 e. The van der Waals surface area contributed by atoms with Gasteiger partial charge in [-0.15, -0.1) is 0 Å². The minimum atomic E-state index is -0.583. The van der Waals surface area contributed by atoms with Crippen molar-refractivity contribution >= 4 is 0 Å². The first-order chi connectivity index (χ1) is 9.12. The van der Waals surface area contributed by atoms with E-state index in [1.165, 1.54) is 0 Å². The Hall–Kier alpha value is -1.10. The van der Waals surface area contributed by atoms with Gasteiger partial charge in [0, 0.05) is 25.3 Å². The second kappa shape index (κ2) is 8.15. The molecule has 19 heavy (non-hydrogen) atoms. The summed E-state index contributed by atoms with van der Waals surface area (Å²) >= 11 is 0. The Balaban J connectivity index is 2.66. The van der Waals surface area contributed by atoms with E-state index >= 15 is 0 Å². The highest BCUT2D eigenvalue weighted by Gasteiger charge is 2.15. The fourth-order valence-electron chi connectivity index (χ4n) is 2.02. The molecular formula is C15H25NO3. The van der Waals surface area contributed by atoms with Gasteiger partial charge in [0.05, 0.1) is 19.8 Å². The molecule has 108 valence electrons. The van der Waals surface area contributed by atoms with Gasteiger partial charge in [0.1, 0.15) is 5.75 Å². The van der Waals surface area contributed by atoms with Crippen molar-refractivity contribution in [3.63, 3.8) is 0 Å². The Morgan fingerprint density at radius 1 is 1.32 bits per heavy atom. The van der Waals surface area contributed by atoms with E-state index < -0.39 is 6.10 Å². The molecule has 0 bridgehead atoms. The quantitative estimate of drug-likeness (QED) is 0.757. The topological polar surface area (TPSA) is 50.7 Å². The monoisotopic (exact) mass is 267 g/mol. The number of methoxy groups -OCH3 is 2. The lowest BCUT2D eigenvalue weighted by Crippen LogP contribution is -2.35. The van der Waals surface area contributed by atoms with Crippen molar-refractivity contribution in [2.45, 2.75) is 32.4 Å². The second-order valence-electron chi connectivity index (χ2n) is 4.73. The minimum absolute atomic E-state index is 0.260. The van der Waals surface area contributed by atoms with Gasteiger partial charge in [0.15, 0.2) is 0 Å². The standard InChI is InChI=1S/C15H25NO3/c1-5-12(10-18-3)16-9-14(17)13-8-11(2)6-7-15(13)19-4/h6-8,12,14,16-17H,5,9-10H2,1-4H3. The van der Waals surface area contributed by atoms with Crippen LogP contribution in [0, 0.1) is 6.92 Å². The molecule has 0 aliphatic rings. The maximum atomic E-state index is 10.3. The second-order valence-corrected chi connectivity index (χ2v) is 4.73. The Labute approximate surface area is 115 Å². The van der Waals surface area contributed by atoms with Gasteiger partial charge >= 0.3 is 0 Å².